The summed E-state index contributed by atoms with van der Waals surface area (Å²) in [6.07, 6.45) is 1.75. The SMILES string of the molecule is CN1CC=NCC1=O. The number of likely N-dealkylation sites (N-methyl/N-ethyl adjacent to an activating group) is 1. The van der Waals surface area contributed by atoms with Crippen molar-refractivity contribution in [2.24, 2.45) is 4.99 Å². The minimum atomic E-state index is 0.104. The third-order valence-electron chi connectivity index (χ3n) is 1.14. The number of hydrogen-bond donors (Lipinski definition) is 0. The molecule has 8 heavy (non-hydrogen) atoms. The zero-order valence-corrected chi connectivity index (χ0v) is 4.79. The van der Waals surface area contributed by atoms with Crippen LogP contribution >= 0.6 is 0 Å². The maximum Gasteiger partial charge on any atom is 0.244 e. The van der Waals surface area contributed by atoms with E-state index >= 15 is 0 Å². The van der Waals surface area contributed by atoms with Crippen molar-refractivity contribution in [1.82, 2.24) is 4.90 Å². The zero-order chi connectivity index (χ0) is 5.98. The summed E-state index contributed by atoms with van der Waals surface area (Å²) in [4.78, 5) is 16.0. The number of aliphatic imine (C=N–C) groups is 1. The van der Waals surface area contributed by atoms with E-state index in [1.165, 1.54) is 0 Å². The van der Waals surface area contributed by atoms with Gasteiger partial charge in [0.05, 0.1) is 6.54 Å². The van der Waals surface area contributed by atoms with Gasteiger partial charge in [0.2, 0.25) is 5.91 Å². The van der Waals surface area contributed by atoms with Crippen molar-refractivity contribution < 1.29 is 4.79 Å². The molecule has 3 nitrogen and oxygen atoms in total. The van der Waals surface area contributed by atoms with E-state index in [-0.39, 0.29) is 5.91 Å². The zero-order valence-electron chi connectivity index (χ0n) is 4.79. The Morgan fingerprint density at radius 1 is 1.88 bits per heavy atom. The summed E-state index contributed by atoms with van der Waals surface area (Å²) in [5.74, 6) is 0.104. The summed E-state index contributed by atoms with van der Waals surface area (Å²) in [7, 11) is 1.77. The summed E-state index contributed by atoms with van der Waals surface area (Å²) >= 11 is 0. The number of amides is 1. The lowest BCUT2D eigenvalue weighted by molar-refractivity contribution is -0.128. The van der Waals surface area contributed by atoms with E-state index in [9.17, 15) is 4.79 Å². The smallest absolute Gasteiger partial charge is 0.244 e. The molecule has 0 aromatic rings. The van der Waals surface area contributed by atoms with Gasteiger partial charge < -0.3 is 4.90 Å². The van der Waals surface area contributed by atoms with Gasteiger partial charge in [-0.2, -0.15) is 0 Å². The van der Waals surface area contributed by atoms with Gasteiger partial charge in [-0.1, -0.05) is 0 Å². The Labute approximate surface area is 48.0 Å². The second kappa shape index (κ2) is 1.94. The van der Waals surface area contributed by atoms with Crippen LogP contribution in [0.2, 0.25) is 0 Å². The van der Waals surface area contributed by atoms with Crippen LogP contribution in [0.15, 0.2) is 4.99 Å². The van der Waals surface area contributed by atoms with Gasteiger partial charge in [0.1, 0.15) is 6.54 Å². The first-order chi connectivity index (χ1) is 3.80. The van der Waals surface area contributed by atoms with Crippen molar-refractivity contribution in [2.45, 2.75) is 0 Å². The molecule has 3 heteroatoms. The third kappa shape index (κ3) is 0.857. The lowest BCUT2D eigenvalue weighted by atomic mass is 10.4. The highest BCUT2D eigenvalue weighted by molar-refractivity contribution is 5.84. The summed E-state index contributed by atoms with van der Waals surface area (Å²) in [6.45, 7) is 0.995. The van der Waals surface area contributed by atoms with E-state index in [0.717, 1.165) is 0 Å². The predicted octanol–water partition coefficient (Wildman–Crippen LogP) is -0.471. The Morgan fingerprint density at radius 2 is 2.62 bits per heavy atom. The van der Waals surface area contributed by atoms with Crippen LogP contribution in [-0.4, -0.2) is 37.2 Å². The van der Waals surface area contributed by atoms with Gasteiger partial charge in [0.25, 0.3) is 0 Å². The molecule has 0 fully saturated rings. The molecule has 1 rings (SSSR count). The lowest BCUT2D eigenvalue weighted by Crippen LogP contribution is -2.33. The highest BCUT2D eigenvalue weighted by atomic mass is 16.2. The molecule has 0 radical (unpaired) electrons. The van der Waals surface area contributed by atoms with Crippen LogP contribution in [0.25, 0.3) is 0 Å². The first kappa shape index (κ1) is 5.28. The molecular formula is C5H8N2O. The lowest BCUT2D eigenvalue weighted by Gasteiger charge is -2.15. The van der Waals surface area contributed by atoms with E-state index in [0.29, 0.717) is 13.1 Å². The van der Waals surface area contributed by atoms with Crippen molar-refractivity contribution in [3.8, 4) is 0 Å². The Morgan fingerprint density at radius 3 is 3.00 bits per heavy atom. The molecular weight excluding hydrogens is 104 g/mol. The van der Waals surface area contributed by atoms with E-state index < -0.39 is 0 Å². The summed E-state index contributed by atoms with van der Waals surface area (Å²) < 4.78 is 0. The van der Waals surface area contributed by atoms with E-state index in [1.54, 1.807) is 18.2 Å². The third-order valence-corrected chi connectivity index (χ3v) is 1.14. The minimum Gasteiger partial charge on any atom is -0.339 e. The molecule has 0 saturated heterocycles. The van der Waals surface area contributed by atoms with E-state index in [2.05, 4.69) is 4.99 Å². The maximum absolute atomic E-state index is 10.6. The normalized spacial score (nSPS) is 19.6. The average Bonchev–Trinajstić information content (AvgIpc) is 1.77. The van der Waals surface area contributed by atoms with Crippen molar-refractivity contribution in [3.05, 3.63) is 0 Å². The molecule has 0 bridgehead atoms. The molecule has 0 aliphatic carbocycles. The quantitative estimate of drug-likeness (QED) is 0.417. The Balaban J connectivity index is 2.57. The second-order valence-electron chi connectivity index (χ2n) is 1.80. The van der Waals surface area contributed by atoms with Gasteiger partial charge in [-0.3, -0.25) is 9.79 Å². The molecule has 0 spiro atoms. The molecule has 1 aliphatic rings. The summed E-state index contributed by atoms with van der Waals surface area (Å²) in [5, 5.41) is 0. The fourth-order valence-corrected chi connectivity index (χ4v) is 0.545. The first-order valence-corrected chi connectivity index (χ1v) is 2.53. The van der Waals surface area contributed by atoms with Gasteiger partial charge in [0.15, 0.2) is 0 Å². The molecule has 1 amide bonds. The van der Waals surface area contributed by atoms with Gasteiger partial charge >= 0.3 is 0 Å². The van der Waals surface area contributed by atoms with Gasteiger partial charge in [-0.05, 0) is 0 Å². The molecule has 0 saturated carbocycles. The average molecular weight is 112 g/mol. The number of carbonyl (C=O) groups is 1. The van der Waals surface area contributed by atoms with Gasteiger partial charge in [-0.25, -0.2) is 0 Å². The minimum absolute atomic E-state index is 0.104. The topological polar surface area (TPSA) is 32.7 Å². The van der Waals surface area contributed by atoms with Crippen LogP contribution in [-0.2, 0) is 4.79 Å². The van der Waals surface area contributed by atoms with Crippen LogP contribution in [0.1, 0.15) is 0 Å². The van der Waals surface area contributed by atoms with E-state index in [1.807, 2.05) is 0 Å². The Bertz CT molecular complexity index is 130. The predicted molar refractivity (Wildman–Crippen MR) is 31.0 cm³/mol. The fraction of sp³-hybridized carbons (Fsp3) is 0.600. The molecule has 0 aromatic carbocycles. The number of rotatable bonds is 0. The summed E-state index contributed by atoms with van der Waals surface area (Å²) in [5.41, 5.74) is 0. The van der Waals surface area contributed by atoms with Gasteiger partial charge in [-0.15, -0.1) is 0 Å². The Kier molecular flexibility index (Phi) is 1.28. The van der Waals surface area contributed by atoms with Gasteiger partial charge in [0, 0.05) is 13.3 Å². The highest BCUT2D eigenvalue weighted by Gasteiger charge is 2.08. The molecule has 0 unspecified atom stereocenters. The number of hydrogen-bond acceptors (Lipinski definition) is 2. The summed E-state index contributed by atoms with van der Waals surface area (Å²) in [6, 6.07) is 0. The number of nitrogens with zero attached hydrogens (tertiary/aromatic N) is 2. The van der Waals surface area contributed by atoms with Crippen molar-refractivity contribution >= 4 is 12.1 Å². The Hall–Kier alpha value is -0.860. The van der Waals surface area contributed by atoms with Crippen LogP contribution in [0.5, 0.6) is 0 Å². The first-order valence-electron chi connectivity index (χ1n) is 2.53. The molecule has 0 aromatic heterocycles. The molecule has 1 aliphatic heterocycles. The van der Waals surface area contributed by atoms with Crippen LogP contribution in [0, 0.1) is 0 Å². The highest BCUT2D eigenvalue weighted by Crippen LogP contribution is 1.88. The van der Waals surface area contributed by atoms with Crippen LogP contribution < -0.4 is 0 Å². The molecule has 0 atom stereocenters. The van der Waals surface area contributed by atoms with Crippen LogP contribution in [0.3, 0.4) is 0 Å². The molecule has 1 heterocycles. The largest absolute Gasteiger partial charge is 0.339 e. The fourth-order valence-electron chi connectivity index (χ4n) is 0.545. The maximum atomic E-state index is 10.6. The second-order valence-corrected chi connectivity index (χ2v) is 1.80. The van der Waals surface area contributed by atoms with E-state index in [4.69, 9.17) is 0 Å². The number of carbonyl (C=O) groups excluding carboxylic acids is 1. The van der Waals surface area contributed by atoms with Crippen LogP contribution in [0.4, 0.5) is 0 Å². The standard InChI is InChI=1S/C5H8N2O/c1-7-3-2-6-4-5(7)8/h2H,3-4H2,1H3. The molecule has 44 valence electrons. The monoisotopic (exact) mass is 112 g/mol. The molecule has 0 N–H and O–H groups in total. The van der Waals surface area contributed by atoms with Crippen molar-refractivity contribution in [2.75, 3.05) is 20.1 Å². The van der Waals surface area contributed by atoms with Crippen molar-refractivity contribution in [1.29, 1.82) is 0 Å². The van der Waals surface area contributed by atoms with Crippen molar-refractivity contribution in [3.63, 3.8) is 0 Å².